The van der Waals surface area contributed by atoms with Crippen LogP contribution in [0.25, 0.3) is 22.0 Å². The molecule has 2 heterocycles. The minimum Gasteiger partial charge on any atom is -0.377 e. The standard InChI is InChI=1S/C26H23ClFN4OP/c1-15(20-11-17(13-29)5-8-22(20)28)32-26-21-12-18(6-9-23(21)31-16(2)25(26)27)19-7-10-24(30-14-19)34(3,4)33/h5-12,14-15H,1-4H3,(H,31,32)/t15-/m1/s1. The van der Waals surface area contributed by atoms with Crippen molar-refractivity contribution >= 4 is 40.8 Å². The number of aromatic nitrogens is 2. The van der Waals surface area contributed by atoms with Gasteiger partial charge in [-0.3, -0.25) is 9.97 Å². The SMILES string of the molecule is Cc1nc2ccc(-c3ccc(P(C)(C)=O)nc3)cc2c(N[C@H](C)c2cc(C#N)ccc2F)c1Cl. The Labute approximate surface area is 203 Å². The molecular formula is C26H23ClFN4OP. The van der Waals surface area contributed by atoms with Crippen LogP contribution in [0.1, 0.15) is 29.8 Å². The molecule has 0 unspecified atom stereocenters. The first-order valence-corrected chi connectivity index (χ1v) is 13.6. The van der Waals surface area contributed by atoms with Crippen LogP contribution >= 0.6 is 18.7 Å². The maximum Gasteiger partial charge on any atom is 0.128 e. The molecule has 2 aromatic heterocycles. The van der Waals surface area contributed by atoms with Gasteiger partial charge in [0.1, 0.15) is 13.0 Å². The number of aryl methyl sites for hydroxylation is 1. The Morgan fingerprint density at radius 2 is 1.85 bits per heavy atom. The Morgan fingerprint density at radius 1 is 1.12 bits per heavy atom. The molecule has 1 atom stereocenters. The van der Waals surface area contributed by atoms with Crippen LogP contribution in [0.2, 0.25) is 5.02 Å². The first-order chi connectivity index (χ1) is 16.1. The molecule has 8 heteroatoms. The van der Waals surface area contributed by atoms with Gasteiger partial charge in [0.05, 0.1) is 45.0 Å². The lowest BCUT2D eigenvalue weighted by Crippen LogP contribution is -2.10. The third-order valence-electron chi connectivity index (χ3n) is 5.68. The molecule has 0 aliphatic rings. The van der Waals surface area contributed by atoms with Gasteiger partial charge in [-0.05, 0) is 69.1 Å². The lowest BCUT2D eigenvalue weighted by atomic mass is 10.0. The summed E-state index contributed by atoms with van der Waals surface area (Å²) >= 11 is 6.66. The molecule has 34 heavy (non-hydrogen) atoms. The maximum atomic E-state index is 14.5. The van der Waals surface area contributed by atoms with Crippen LogP contribution in [0.4, 0.5) is 10.1 Å². The van der Waals surface area contributed by atoms with Crippen molar-refractivity contribution in [1.29, 1.82) is 5.26 Å². The number of nitrogens with zero attached hydrogens (tertiary/aromatic N) is 3. The largest absolute Gasteiger partial charge is 0.377 e. The molecule has 0 aliphatic carbocycles. The highest BCUT2D eigenvalue weighted by Gasteiger charge is 2.18. The molecule has 0 aliphatic heterocycles. The zero-order valence-corrected chi connectivity index (χ0v) is 20.9. The average molecular weight is 493 g/mol. The van der Waals surface area contributed by atoms with E-state index >= 15 is 0 Å². The van der Waals surface area contributed by atoms with E-state index in [1.165, 1.54) is 18.2 Å². The molecule has 0 spiro atoms. The lowest BCUT2D eigenvalue weighted by molar-refractivity contribution is 0.587. The molecule has 4 aromatic rings. The zero-order valence-electron chi connectivity index (χ0n) is 19.2. The van der Waals surface area contributed by atoms with Gasteiger partial charge in [-0.1, -0.05) is 23.7 Å². The zero-order chi connectivity index (χ0) is 24.6. The summed E-state index contributed by atoms with van der Waals surface area (Å²) in [6.45, 7) is 7.02. The summed E-state index contributed by atoms with van der Waals surface area (Å²) in [6, 6.07) is 15.4. The number of hydrogen-bond donors (Lipinski definition) is 1. The van der Waals surface area contributed by atoms with Crippen LogP contribution in [0.15, 0.2) is 54.7 Å². The minimum absolute atomic E-state index is 0.372. The van der Waals surface area contributed by atoms with Crippen molar-refractivity contribution in [2.45, 2.75) is 19.9 Å². The summed E-state index contributed by atoms with van der Waals surface area (Å²) < 4.78 is 26.8. The van der Waals surface area contributed by atoms with Crippen molar-refractivity contribution in [3.63, 3.8) is 0 Å². The van der Waals surface area contributed by atoms with Gasteiger partial charge in [-0.2, -0.15) is 5.26 Å². The average Bonchev–Trinajstić information content (AvgIpc) is 2.81. The molecule has 2 aromatic carbocycles. The van der Waals surface area contributed by atoms with Crippen molar-refractivity contribution in [1.82, 2.24) is 9.97 Å². The molecule has 0 bridgehead atoms. The Balaban J connectivity index is 1.79. The first kappa shape index (κ1) is 23.9. The molecule has 172 valence electrons. The fourth-order valence-corrected chi connectivity index (χ4v) is 4.77. The van der Waals surface area contributed by atoms with E-state index in [0.717, 1.165) is 22.0 Å². The topological polar surface area (TPSA) is 78.7 Å². The number of fused-ring (bicyclic) bond motifs is 1. The summed E-state index contributed by atoms with van der Waals surface area (Å²) in [5, 5.41) is 13.8. The molecule has 0 saturated heterocycles. The van der Waals surface area contributed by atoms with Crippen LogP contribution in [-0.4, -0.2) is 23.3 Å². The summed E-state index contributed by atoms with van der Waals surface area (Å²) in [5.74, 6) is -0.402. The van der Waals surface area contributed by atoms with Crippen LogP contribution < -0.4 is 10.8 Å². The second-order valence-electron chi connectivity index (χ2n) is 8.59. The van der Waals surface area contributed by atoms with Crippen molar-refractivity contribution in [2.75, 3.05) is 18.6 Å². The van der Waals surface area contributed by atoms with Gasteiger partial charge in [-0.25, -0.2) is 4.39 Å². The van der Waals surface area contributed by atoms with Gasteiger partial charge in [0.2, 0.25) is 0 Å². The normalized spacial score (nSPS) is 12.4. The number of benzene rings is 2. The number of hydrogen-bond acceptors (Lipinski definition) is 5. The van der Waals surface area contributed by atoms with E-state index in [1.54, 1.807) is 25.6 Å². The molecule has 4 rings (SSSR count). The van der Waals surface area contributed by atoms with Gasteiger partial charge in [0.15, 0.2) is 0 Å². The Bertz CT molecular complexity index is 1490. The lowest BCUT2D eigenvalue weighted by Gasteiger charge is -2.20. The monoisotopic (exact) mass is 492 g/mol. The number of nitriles is 1. The summed E-state index contributed by atoms with van der Waals surface area (Å²) in [6.07, 6.45) is 1.71. The van der Waals surface area contributed by atoms with E-state index in [1.807, 2.05) is 44.2 Å². The first-order valence-electron chi connectivity index (χ1n) is 10.7. The van der Waals surface area contributed by atoms with Gasteiger partial charge < -0.3 is 9.88 Å². The van der Waals surface area contributed by atoms with Gasteiger partial charge in [0, 0.05) is 22.7 Å². The molecule has 1 N–H and O–H groups in total. The number of anilines is 1. The van der Waals surface area contributed by atoms with E-state index in [0.29, 0.717) is 33.0 Å². The number of halogens is 2. The number of pyridine rings is 2. The Hall–Kier alpha value is -3.26. The highest BCUT2D eigenvalue weighted by atomic mass is 35.5. The van der Waals surface area contributed by atoms with Crippen molar-refractivity contribution in [3.05, 3.63) is 82.4 Å². The summed E-state index contributed by atoms with van der Waals surface area (Å²) in [5.41, 5.74) is 5.11. The van der Waals surface area contributed by atoms with Crippen molar-refractivity contribution in [2.24, 2.45) is 0 Å². The van der Waals surface area contributed by atoms with E-state index in [9.17, 15) is 14.2 Å². The smallest absolute Gasteiger partial charge is 0.128 e. The second-order valence-corrected chi connectivity index (χ2v) is 12.1. The fourth-order valence-electron chi connectivity index (χ4n) is 3.80. The van der Waals surface area contributed by atoms with Gasteiger partial charge in [-0.15, -0.1) is 0 Å². The second kappa shape index (κ2) is 9.18. The van der Waals surface area contributed by atoms with E-state index in [-0.39, 0.29) is 0 Å². The number of rotatable bonds is 5. The third kappa shape index (κ3) is 4.68. The van der Waals surface area contributed by atoms with Gasteiger partial charge in [0.25, 0.3) is 0 Å². The highest BCUT2D eigenvalue weighted by Crippen LogP contribution is 2.38. The third-order valence-corrected chi connectivity index (χ3v) is 7.51. The molecule has 0 amide bonds. The van der Waals surface area contributed by atoms with Crippen molar-refractivity contribution in [3.8, 4) is 17.2 Å². The molecule has 0 radical (unpaired) electrons. The molecule has 0 fully saturated rings. The minimum atomic E-state index is -2.44. The summed E-state index contributed by atoms with van der Waals surface area (Å²) in [4.78, 5) is 8.99. The quantitative estimate of drug-likeness (QED) is 0.314. The van der Waals surface area contributed by atoms with E-state index in [2.05, 4.69) is 15.3 Å². The van der Waals surface area contributed by atoms with Crippen LogP contribution in [0.3, 0.4) is 0 Å². The van der Waals surface area contributed by atoms with Crippen LogP contribution in [0, 0.1) is 24.1 Å². The van der Waals surface area contributed by atoms with Crippen LogP contribution in [0.5, 0.6) is 0 Å². The molecule has 0 saturated carbocycles. The Morgan fingerprint density at radius 3 is 2.50 bits per heavy atom. The summed E-state index contributed by atoms with van der Waals surface area (Å²) in [7, 11) is -2.44. The Kier molecular flexibility index (Phi) is 6.45. The predicted octanol–water partition coefficient (Wildman–Crippen LogP) is 6.69. The van der Waals surface area contributed by atoms with E-state index in [4.69, 9.17) is 11.6 Å². The molecule has 5 nitrogen and oxygen atoms in total. The van der Waals surface area contributed by atoms with Crippen molar-refractivity contribution < 1.29 is 8.96 Å². The highest BCUT2D eigenvalue weighted by molar-refractivity contribution is 7.69. The van der Waals surface area contributed by atoms with Crippen LogP contribution in [-0.2, 0) is 4.57 Å². The van der Waals surface area contributed by atoms with E-state index < -0.39 is 19.0 Å². The number of nitrogens with one attached hydrogen (secondary N) is 1. The van der Waals surface area contributed by atoms with Gasteiger partial charge >= 0.3 is 0 Å². The predicted molar refractivity (Wildman–Crippen MR) is 137 cm³/mol. The molecular weight excluding hydrogens is 470 g/mol. The fraction of sp³-hybridized carbons (Fsp3) is 0.192. The maximum absolute atomic E-state index is 14.5.